The van der Waals surface area contributed by atoms with E-state index in [1.54, 1.807) is 18.5 Å². The Kier molecular flexibility index (Phi) is 9.03. The van der Waals surface area contributed by atoms with E-state index in [0.29, 0.717) is 37.4 Å². The molecule has 7 heteroatoms. The van der Waals surface area contributed by atoms with Crippen LogP contribution in [0.5, 0.6) is 5.75 Å². The summed E-state index contributed by atoms with van der Waals surface area (Å²) in [6.45, 7) is 4.22. The fraction of sp³-hybridized carbons (Fsp3) is 0.379. The highest BCUT2D eigenvalue weighted by Crippen LogP contribution is 2.23. The molecule has 36 heavy (non-hydrogen) atoms. The number of fused-ring (bicyclic) bond motifs is 1. The number of ether oxygens (including phenoxy) is 1. The number of para-hydroxylation sites is 1. The van der Waals surface area contributed by atoms with Gasteiger partial charge in [-0.15, -0.1) is 0 Å². The van der Waals surface area contributed by atoms with Crippen LogP contribution in [0.2, 0.25) is 0 Å². The zero-order valence-corrected chi connectivity index (χ0v) is 20.9. The molecule has 2 amide bonds. The fourth-order valence-corrected chi connectivity index (χ4v) is 4.60. The average Bonchev–Trinajstić information content (AvgIpc) is 2.93. The first kappa shape index (κ1) is 25.4. The zero-order chi connectivity index (χ0) is 25.2. The molecule has 1 atom stereocenters. The lowest BCUT2D eigenvalue weighted by Crippen LogP contribution is -2.46. The summed E-state index contributed by atoms with van der Waals surface area (Å²) < 4.78 is 6.31. The molecule has 0 N–H and O–H groups in total. The molecule has 0 fully saturated rings. The van der Waals surface area contributed by atoms with Crippen molar-refractivity contribution in [1.29, 1.82) is 0 Å². The second-order valence-electron chi connectivity index (χ2n) is 9.02. The Labute approximate surface area is 213 Å². The third-order valence-electron chi connectivity index (χ3n) is 6.57. The monoisotopic (exact) mass is 486 g/mol. The minimum Gasteiger partial charge on any atom is -0.491 e. The topological polar surface area (TPSA) is 75.6 Å². The Balaban J connectivity index is 1.68. The van der Waals surface area contributed by atoms with Gasteiger partial charge in [0, 0.05) is 32.0 Å². The number of carbonyl (C=O) groups excluding carboxylic acids is 2. The molecule has 2 aromatic carbocycles. The van der Waals surface area contributed by atoms with Gasteiger partial charge in [-0.1, -0.05) is 55.3 Å². The number of rotatable bonds is 4. The highest BCUT2D eigenvalue weighted by atomic mass is 16.5. The molecule has 1 aromatic heterocycles. The summed E-state index contributed by atoms with van der Waals surface area (Å²) in [5.41, 5.74) is 1.67. The molecular weight excluding hydrogens is 452 g/mol. The van der Waals surface area contributed by atoms with Crippen molar-refractivity contribution in [3.05, 3.63) is 90.0 Å². The quantitative estimate of drug-likeness (QED) is 0.537. The molecule has 3 aromatic rings. The van der Waals surface area contributed by atoms with Gasteiger partial charge in [-0.2, -0.15) is 0 Å². The molecule has 0 saturated carbocycles. The van der Waals surface area contributed by atoms with E-state index < -0.39 is 0 Å². The van der Waals surface area contributed by atoms with E-state index >= 15 is 0 Å². The highest BCUT2D eigenvalue weighted by Gasteiger charge is 2.28. The van der Waals surface area contributed by atoms with Crippen LogP contribution in [-0.2, 0) is 6.42 Å². The molecule has 7 nitrogen and oxygen atoms in total. The Morgan fingerprint density at radius 1 is 0.917 bits per heavy atom. The average molecular weight is 487 g/mol. The zero-order valence-electron chi connectivity index (χ0n) is 20.9. The summed E-state index contributed by atoms with van der Waals surface area (Å²) in [5, 5.41) is 0. The molecular formula is C29H34N4O3. The van der Waals surface area contributed by atoms with Crippen LogP contribution in [0.4, 0.5) is 0 Å². The predicted octanol–water partition coefficient (Wildman–Crippen LogP) is 4.65. The minimum atomic E-state index is -0.253. The van der Waals surface area contributed by atoms with Crippen LogP contribution in [0.1, 0.15) is 59.1 Å². The maximum atomic E-state index is 13.6. The third kappa shape index (κ3) is 6.47. The van der Waals surface area contributed by atoms with Crippen molar-refractivity contribution in [2.24, 2.45) is 0 Å². The number of benzene rings is 2. The fourth-order valence-electron chi connectivity index (χ4n) is 4.60. The first-order chi connectivity index (χ1) is 17.7. The molecule has 1 aliphatic rings. The normalized spacial score (nSPS) is 17.6. The van der Waals surface area contributed by atoms with Gasteiger partial charge in [-0.05, 0) is 49.9 Å². The highest BCUT2D eigenvalue weighted by molar-refractivity contribution is 5.97. The van der Waals surface area contributed by atoms with Crippen molar-refractivity contribution in [1.82, 2.24) is 19.8 Å². The Bertz CT molecular complexity index is 1120. The molecule has 2 heterocycles. The van der Waals surface area contributed by atoms with Crippen LogP contribution < -0.4 is 4.74 Å². The van der Waals surface area contributed by atoms with E-state index in [2.05, 4.69) is 22.1 Å². The Morgan fingerprint density at radius 2 is 1.61 bits per heavy atom. The van der Waals surface area contributed by atoms with Crippen molar-refractivity contribution in [2.45, 2.75) is 45.1 Å². The van der Waals surface area contributed by atoms with Crippen LogP contribution in [0.15, 0.2) is 73.1 Å². The van der Waals surface area contributed by atoms with Gasteiger partial charge in [-0.25, -0.2) is 9.97 Å². The lowest BCUT2D eigenvalue weighted by atomic mass is 10.0. The van der Waals surface area contributed by atoms with Gasteiger partial charge < -0.3 is 14.5 Å². The predicted molar refractivity (Wildman–Crippen MR) is 139 cm³/mol. The van der Waals surface area contributed by atoms with Gasteiger partial charge in [0.25, 0.3) is 11.8 Å². The number of nitrogens with zero attached hydrogens (tertiary/aromatic N) is 4. The van der Waals surface area contributed by atoms with Crippen molar-refractivity contribution in [2.75, 3.05) is 26.2 Å². The molecule has 0 radical (unpaired) electrons. The molecule has 0 unspecified atom stereocenters. The van der Waals surface area contributed by atoms with Crippen LogP contribution in [0.25, 0.3) is 0 Å². The van der Waals surface area contributed by atoms with E-state index in [1.165, 1.54) is 0 Å². The molecule has 0 aliphatic carbocycles. The SMILES string of the molecule is CCN1CCCCCCN(C(=O)c2ncccn2)[C@@H](Cc2ccccc2)COc2ccccc2C1=O. The standard InChI is InChI=1S/C29H34N4O3/c1-2-32-19-10-3-4-11-20-33(29(35)27-30-17-12-18-31-27)24(21-23-13-6-5-7-14-23)22-36-26-16-9-8-15-25(26)28(32)34/h5-9,12-18,24H,2-4,10-11,19-22H2,1H3/t24-/m0/s1. The molecule has 188 valence electrons. The molecule has 0 bridgehead atoms. The number of amides is 2. The van der Waals surface area contributed by atoms with Gasteiger partial charge in [0.2, 0.25) is 5.82 Å². The van der Waals surface area contributed by atoms with Crippen LogP contribution in [0, 0.1) is 0 Å². The van der Waals surface area contributed by atoms with E-state index in [1.807, 2.05) is 59.2 Å². The summed E-state index contributed by atoms with van der Waals surface area (Å²) in [6, 6.07) is 18.9. The van der Waals surface area contributed by atoms with Gasteiger partial charge >= 0.3 is 0 Å². The van der Waals surface area contributed by atoms with Gasteiger partial charge in [0.05, 0.1) is 11.6 Å². The summed E-state index contributed by atoms with van der Waals surface area (Å²) in [5.74, 6) is 0.509. The van der Waals surface area contributed by atoms with Crippen LogP contribution in [0.3, 0.4) is 0 Å². The van der Waals surface area contributed by atoms with Gasteiger partial charge in [-0.3, -0.25) is 9.59 Å². The molecule has 4 rings (SSSR count). The number of hydrogen-bond donors (Lipinski definition) is 0. The Hall–Kier alpha value is -3.74. The maximum absolute atomic E-state index is 13.6. The minimum absolute atomic E-state index is 0.0182. The number of aromatic nitrogens is 2. The smallest absolute Gasteiger partial charge is 0.292 e. The molecule has 0 spiro atoms. The lowest BCUT2D eigenvalue weighted by Gasteiger charge is -2.32. The van der Waals surface area contributed by atoms with Crippen molar-refractivity contribution in [3.8, 4) is 5.75 Å². The van der Waals surface area contributed by atoms with E-state index in [0.717, 1.165) is 31.2 Å². The van der Waals surface area contributed by atoms with Crippen molar-refractivity contribution >= 4 is 11.8 Å². The summed E-state index contributed by atoms with van der Waals surface area (Å²) in [4.78, 5) is 39.1. The molecule has 1 aliphatic heterocycles. The number of hydrogen-bond acceptors (Lipinski definition) is 5. The lowest BCUT2D eigenvalue weighted by molar-refractivity contribution is 0.0586. The van der Waals surface area contributed by atoms with E-state index in [4.69, 9.17) is 4.74 Å². The number of carbonyl (C=O) groups is 2. The van der Waals surface area contributed by atoms with Gasteiger partial charge in [0.15, 0.2) is 0 Å². The van der Waals surface area contributed by atoms with Crippen LogP contribution >= 0.6 is 0 Å². The second kappa shape index (κ2) is 12.8. The third-order valence-corrected chi connectivity index (χ3v) is 6.57. The van der Waals surface area contributed by atoms with Crippen LogP contribution in [-0.4, -0.2) is 63.9 Å². The van der Waals surface area contributed by atoms with E-state index in [-0.39, 0.29) is 30.3 Å². The summed E-state index contributed by atoms with van der Waals surface area (Å²) >= 11 is 0. The van der Waals surface area contributed by atoms with Gasteiger partial charge in [0.1, 0.15) is 12.4 Å². The second-order valence-corrected chi connectivity index (χ2v) is 9.02. The summed E-state index contributed by atoms with van der Waals surface area (Å²) in [7, 11) is 0. The summed E-state index contributed by atoms with van der Waals surface area (Å²) in [6.07, 6.45) is 7.56. The first-order valence-electron chi connectivity index (χ1n) is 12.8. The first-order valence-corrected chi connectivity index (χ1v) is 12.8. The molecule has 0 saturated heterocycles. The van der Waals surface area contributed by atoms with Crippen molar-refractivity contribution in [3.63, 3.8) is 0 Å². The van der Waals surface area contributed by atoms with E-state index in [9.17, 15) is 9.59 Å². The largest absolute Gasteiger partial charge is 0.491 e. The Morgan fingerprint density at radius 3 is 2.36 bits per heavy atom. The maximum Gasteiger partial charge on any atom is 0.292 e. The van der Waals surface area contributed by atoms with Crippen molar-refractivity contribution < 1.29 is 14.3 Å².